The van der Waals surface area contributed by atoms with Crippen LogP contribution in [0.2, 0.25) is 5.02 Å². The number of aryl methyl sites for hydroxylation is 1. The number of nitrogens with zero attached hydrogens (tertiary/aromatic N) is 1. The van der Waals surface area contributed by atoms with Gasteiger partial charge in [-0.2, -0.15) is 0 Å². The van der Waals surface area contributed by atoms with Crippen molar-refractivity contribution in [3.05, 3.63) is 94.5 Å². The van der Waals surface area contributed by atoms with Crippen molar-refractivity contribution in [3.63, 3.8) is 0 Å². The number of fused-ring (bicyclic) bond motifs is 1. The van der Waals surface area contributed by atoms with E-state index in [1.807, 2.05) is 60.7 Å². The second kappa shape index (κ2) is 12.6. The van der Waals surface area contributed by atoms with E-state index in [0.717, 1.165) is 16.7 Å². The molecular formula is C30H33ClN2O4. The third kappa shape index (κ3) is 7.49. The molecule has 194 valence electrons. The van der Waals surface area contributed by atoms with Crippen LogP contribution in [0.5, 0.6) is 11.5 Å². The summed E-state index contributed by atoms with van der Waals surface area (Å²) in [4.78, 5) is 29.0. The van der Waals surface area contributed by atoms with Crippen LogP contribution in [0.25, 0.3) is 0 Å². The van der Waals surface area contributed by atoms with Crippen LogP contribution in [0.3, 0.4) is 0 Å². The summed E-state index contributed by atoms with van der Waals surface area (Å²) in [5.74, 6) is 1.46. The van der Waals surface area contributed by atoms with Gasteiger partial charge in [-0.3, -0.25) is 9.59 Å². The Morgan fingerprint density at radius 2 is 1.62 bits per heavy atom. The molecule has 1 N–H and O–H groups in total. The number of carbonyl (C=O) groups excluding carboxylic acids is 2. The average molecular weight is 521 g/mol. The van der Waals surface area contributed by atoms with Crippen molar-refractivity contribution in [1.82, 2.24) is 10.2 Å². The maximum atomic E-state index is 13.8. The predicted molar refractivity (Wildman–Crippen MR) is 145 cm³/mol. The Morgan fingerprint density at radius 1 is 0.919 bits per heavy atom. The summed E-state index contributed by atoms with van der Waals surface area (Å²) in [5.41, 5.74) is 2.89. The number of hydrogen-bond acceptors (Lipinski definition) is 4. The van der Waals surface area contributed by atoms with E-state index in [2.05, 4.69) is 19.2 Å². The van der Waals surface area contributed by atoms with Crippen LogP contribution in [0, 0.1) is 5.92 Å². The molecule has 0 aliphatic carbocycles. The van der Waals surface area contributed by atoms with E-state index in [1.54, 1.807) is 17.0 Å². The lowest BCUT2D eigenvalue weighted by atomic mass is 10.0. The molecule has 4 rings (SSSR count). The van der Waals surface area contributed by atoms with Gasteiger partial charge < -0.3 is 19.7 Å². The first kappa shape index (κ1) is 26.6. The lowest BCUT2D eigenvalue weighted by Gasteiger charge is -2.32. The zero-order chi connectivity index (χ0) is 26.2. The van der Waals surface area contributed by atoms with Gasteiger partial charge in [0.25, 0.3) is 0 Å². The number of benzene rings is 3. The minimum absolute atomic E-state index is 0.0896. The molecule has 0 spiro atoms. The van der Waals surface area contributed by atoms with E-state index in [0.29, 0.717) is 48.4 Å². The highest BCUT2D eigenvalue weighted by molar-refractivity contribution is 6.30. The Balaban J connectivity index is 1.58. The molecule has 3 aromatic rings. The molecule has 0 fully saturated rings. The minimum atomic E-state index is -0.652. The summed E-state index contributed by atoms with van der Waals surface area (Å²) in [7, 11) is 0. The summed E-state index contributed by atoms with van der Waals surface area (Å²) in [6.45, 7) is 5.16. The lowest BCUT2D eigenvalue weighted by molar-refractivity contribution is -0.141. The van der Waals surface area contributed by atoms with Gasteiger partial charge in [-0.05, 0) is 53.3 Å². The maximum absolute atomic E-state index is 13.8. The molecule has 1 heterocycles. The second-order valence-corrected chi connectivity index (χ2v) is 10.1. The van der Waals surface area contributed by atoms with Gasteiger partial charge in [0, 0.05) is 31.0 Å². The molecule has 1 aliphatic heterocycles. The highest BCUT2D eigenvalue weighted by Gasteiger charge is 2.30. The van der Waals surface area contributed by atoms with Crippen LogP contribution in [0.4, 0.5) is 0 Å². The number of carbonyl (C=O) groups is 2. The molecule has 3 aromatic carbocycles. The monoisotopic (exact) mass is 520 g/mol. The van der Waals surface area contributed by atoms with Crippen molar-refractivity contribution in [1.29, 1.82) is 0 Å². The highest BCUT2D eigenvalue weighted by atomic mass is 35.5. The SMILES string of the molecule is CC(C)CNC(=O)C(Cc1ccccc1)N(Cc1ccc(Cl)cc1)C(=O)CCc1ccc2c(c1)OCO2. The first-order chi connectivity index (χ1) is 17.9. The van der Waals surface area contributed by atoms with Gasteiger partial charge in [0.1, 0.15) is 6.04 Å². The van der Waals surface area contributed by atoms with E-state index in [9.17, 15) is 9.59 Å². The van der Waals surface area contributed by atoms with E-state index >= 15 is 0 Å². The molecule has 0 radical (unpaired) electrons. The van der Waals surface area contributed by atoms with Gasteiger partial charge in [-0.1, -0.05) is 74.0 Å². The molecule has 0 saturated heterocycles. The summed E-state index contributed by atoms with van der Waals surface area (Å²) >= 11 is 6.10. The van der Waals surface area contributed by atoms with Crippen molar-refractivity contribution < 1.29 is 19.1 Å². The van der Waals surface area contributed by atoms with Gasteiger partial charge in [0.15, 0.2) is 11.5 Å². The first-order valence-corrected chi connectivity index (χ1v) is 13.0. The number of halogens is 1. The third-order valence-corrected chi connectivity index (χ3v) is 6.54. The lowest BCUT2D eigenvalue weighted by Crippen LogP contribution is -2.51. The second-order valence-electron chi connectivity index (χ2n) is 9.68. The quantitative estimate of drug-likeness (QED) is 0.367. The summed E-state index contributed by atoms with van der Waals surface area (Å²) in [5, 5.41) is 3.68. The maximum Gasteiger partial charge on any atom is 0.243 e. The molecule has 2 amide bonds. The summed E-state index contributed by atoms with van der Waals surface area (Å²) < 4.78 is 10.9. The average Bonchev–Trinajstić information content (AvgIpc) is 3.37. The number of hydrogen-bond donors (Lipinski definition) is 1. The van der Waals surface area contributed by atoms with Crippen LogP contribution in [-0.4, -0.2) is 36.1 Å². The topological polar surface area (TPSA) is 67.9 Å². The van der Waals surface area contributed by atoms with E-state index in [-0.39, 0.29) is 25.0 Å². The molecule has 0 aromatic heterocycles. The Labute approximate surface area is 223 Å². The van der Waals surface area contributed by atoms with Crippen LogP contribution >= 0.6 is 11.6 Å². The van der Waals surface area contributed by atoms with Crippen LogP contribution in [0.15, 0.2) is 72.8 Å². The van der Waals surface area contributed by atoms with Gasteiger partial charge in [-0.25, -0.2) is 0 Å². The largest absolute Gasteiger partial charge is 0.454 e. The van der Waals surface area contributed by atoms with Gasteiger partial charge >= 0.3 is 0 Å². The van der Waals surface area contributed by atoms with Crippen molar-refractivity contribution in [2.75, 3.05) is 13.3 Å². The van der Waals surface area contributed by atoms with Crippen LogP contribution in [-0.2, 0) is 29.0 Å². The zero-order valence-electron chi connectivity index (χ0n) is 21.3. The number of ether oxygens (including phenoxy) is 2. The smallest absolute Gasteiger partial charge is 0.243 e. The first-order valence-electron chi connectivity index (χ1n) is 12.6. The Morgan fingerprint density at radius 3 is 2.35 bits per heavy atom. The van der Waals surface area contributed by atoms with Crippen molar-refractivity contribution in [2.45, 2.75) is 45.7 Å². The Hall–Kier alpha value is -3.51. The molecule has 1 atom stereocenters. The van der Waals surface area contributed by atoms with Crippen LogP contribution < -0.4 is 14.8 Å². The molecule has 1 aliphatic rings. The molecule has 1 unspecified atom stereocenters. The fourth-order valence-corrected chi connectivity index (χ4v) is 4.38. The standard InChI is InChI=1S/C30H33ClN2O4/c1-21(2)18-32-30(35)26(16-22-6-4-3-5-7-22)33(19-24-8-12-25(31)13-9-24)29(34)15-11-23-10-14-27-28(17-23)37-20-36-27/h3-10,12-14,17,21,26H,11,15-16,18-20H2,1-2H3,(H,32,35). The zero-order valence-corrected chi connectivity index (χ0v) is 22.0. The van der Waals surface area contributed by atoms with Gasteiger partial charge in [-0.15, -0.1) is 0 Å². The summed E-state index contributed by atoms with van der Waals surface area (Å²) in [6.07, 6.45) is 1.21. The van der Waals surface area contributed by atoms with Gasteiger partial charge in [0.2, 0.25) is 18.6 Å². The molecule has 0 bridgehead atoms. The van der Waals surface area contributed by atoms with Crippen LogP contribution in [0.1, 0.15) is 37.0 Å². The summed E-state index contributed by atoms with van der Waals surface area (Å²) in [6, 6.07) is 22.3. The van der Waals surface area contributed by atoms with E-state index in [1.165, 1.54) is 0 Å². The molecule has 6 nitrogen and oxygen atoms in total. The fourth-order valence-electron chi connectivity index (χ4n) is 4.25. The van der Waals surface area contributed by atoms with Crippen molar-refractivity contribution in [3.8, 4) is 11.5 Å². The number of rotatable bonds is 11. The molecule has 0 saturated carbocycles. The highest BCUT2D eigenvalue weighted by Crippen LogP contribution is 2.33. The predicted octanol–water partition coefficient (Wildman–Crippen LogP) is 5.41. The third-order valence-electron chi connectivity index (χ3n) is 6.29. The fraction of sp³-hybridized carbons (Fsp3) is 0.333. The number of amides is 2. The van der Waals surface area contributed by atoms with E-state index in [4.69, 9.17) is 21.1 Å². The molecule has 37 heavy (non-hydrogen) atoms. The van der Waals surface area contributed by atoms with Crippen molar-refractivity contribution in [2.24, 2.45) is 5.92 Å². The molecular weight excluding hydrogens is 488 g/mol. The van der Waals surface area contributed by atoms with Gasteiger partial charge in [0.05, 0.1) is 0 Å². The molecule has 7 heteroatoms. The van der Waals surface area contributed by atoms with E-state index < -0.39 is 6.04 Å². The Kier molecular flexibility index (Phi) is 9.07. The van der Waals surface area contributed by atoms with Crippen molar-refractivity contribution >= 4 is 23.4 Å². The minimum Gasteiger partial charge on any atom is -0.454 e. The normalized spacial score (nSPS) is 12.9. The Bertz CT molecular complexity index is 1200. The number of nitrogens with one attached hydrogen (secondary N) is 1.